The molecule has 0 amide bonds. The number of hydrogen-bond acceptors (Lipinski definition) is 1. The molecule has 0 unspecified atom stereocenters. The summed E-state index contributed by atoms with van der Waals surface area (Å²) in [6, 6.07) is 42.1. The van der Waals surface area contributed by atoms with Gasteiger partial charge in [-0.05, 0) is 70.8 Å². The van der Waals surface area contributed by atoms with Crippen LogP contribution in [0.3, 0.4) is 0 Å². The Morgan fingerprint density at radius 2 is 1.24 bits per heavy atom. The van der Waals surface area contributed by atoms with Crippen molar-refractivity contribution < 1.29 is 0 Å². The zero-order valence-electron chi connectivity index (χ0n) is 19.8. The number of hydrogen-bond donors (Lipinski definition) is 0. The molecule has 6 rings (SSSR count). The minimum atomic E-state index is 0.0586. The second kappa shape index (κ2) is 8.18. The molecule has 0 atom stereocenters. The Hall–Kier alpha value is -3.84. The van der Waals surface area contributed by atoms with Crippen molar-refractivity contribution in [2.75, 3.05) is 4.90 Å². The van der Waals surface area contributed by atoms with Crippen molar-refractivity contribution >= 4 is 27.8 Å². The topological polar surface area (TPSA) is 3.24 Å². The normalized spacial score (nSPS) is 13.5. The van der Waals surface area contributed by atoms with Gasteiger partial charge in [0.15, 0.2) is 0 Å². The van der Waals surface area contributed by atoms with Crippen LogP contribution in [0, 0.1) is 0 Å². The van der Waals surface area contributed by atoms with E-state index in [0.29, 0.717) is 0 Å². The quantitative estimate of drug-likeness (QED) is 0.264. The lowest BCUT2D eigenvalue weighted by Crippen LogP contribution is -2.23. The van der Waals surface area contributed by atoms with E-state index in [1.165, 1.54) is 50.1 Å². The van der Waals surface area contributed by atoms with Gasteiger partial charge in [0.05, 0.1) is 5.69 Å². The number of benzene rings is 5. The van der Waals surface area contributed by atoms with Crippen LogP contribution in [0.4, 0.5) is 17.1 Å². The van der Waals surface area contributed by atoms with Gasteiger partial charge in [0, 0.05) is 22.2 Å². The Balaban J connectivity index is 1.61. The van der Waals surface area contributed by atoms with Crippen LogP contribution in [0.5, 0.6) is 0 Å². The molecular weight excluding hydrogens is 410 g/mol. The van der Waals surface area contributed by atoms with Crippen molar-refractivity contribution in [2.24, 2.45) is 0 Å². The lowest BCUT2D eigenvalue weighted by Gasteiger charge is -2.32. The van der Waals surface area contributed by atoms with Gasteiger partial charge in [-0.15, -0.1) is 0 Å². The maximum atomic E-state index is 2.46. The van der Waals surface area contributed by atoms with Gasteiger partial charge < -0.3 is 4.90 Å². The van der Waals surface area contributed by atoms with E-state index >= 15 is 0 Å². The summed E-state index contributed by atoms with van der Waals surface area (Å²) < 4.78 is 0. The minimum absolute atomic E-state index is 0.0586. The van der Waals surface area contributed by atoms with Crippen molar-refractivity contribution in [1.82, 2.24) is 0 Å². The van der Waals surface area contributed by atoms with Crippen LogP contribution in [-0.2, 0) is 5.41 Å². The Labute approximate surface area is 202 Å². The van der Waals surface area contributed by atoms with Gasteiger partial charge in [-0.2, -0.15) is 0 Å². The second-order valence-electron chi connectivity index (χ2n) is 9.23. The van der Waals surface area contributed by atoms with E-state index in [9.17, 15) is 0 Å². The Morgan fingerprint density at radius 1 is 0.559 bits per heavy atom. The van der Waals surface area contributed by atoms with Crippen LogP contribution in [-0.4, -0.2) is 0 Å². The van der Waals surface area contributed by atoms with Crippen LogP contribution in [0.1, 0.15) is 37.8 Å². The van der Waals surface area contributed by atoms with Crippen molar-refractivity contribution in [3.63, 3.8) is 0 Å². The SMILES string of the molecule is CCC1(CC)c2ccccc2-c2ccc(N(c3ccccc3)c3cccc4ccccc34)cc21. The molecule has 0 N–H and O–H groups in total. The van der Waals surface area contributed by atoms with Crippen molar-refractivity contribution in [3.8, 4) is 11.1 Å². The Kier molecular flexibility index (Phi) is 4.99. The van der Waals surface area contributed by atoms with Crippen molar-refractivity contribution in [2.45, 2.75) is 32.1 Å². The highest BCUT2D eigenvalue weighted by Gasteiger charge is 2.40. The molecule has 0 bridgehead atoms. The van der Waals surface area contributed by atoms with Crippen LogP contribution in [0.15, 0.2) is 115 Å². The number of fused-ring (bicyclic) bond motifs is 4. The van der Waals surface area contributed by atoms with Crippen LogP contribution >= 0.6 is 0 Å². The minimum Gasteiger partial charge on any atom is -0.310 e. The zero-order valence-corrected chi connectivity index (χ0v) is 19.8. The predicted molar refractivity (Wildman–Crippen MR) is 145 cm³/mol. The van der Waals surface area contributed by atoms with Gasteiger partial charge in [-0.3, -0.25) is 0 Å². The lowest BCUT2D eigenvalue weighted by atomic mass is 9.74. The molecule has 1 nitrogen and oxygen atoms in total. The second-order valence-corrected chi connectivity index (χ2v) is 9.23. The third-order valence-electron chi connectivity index (χ3n) is 7.74. The van der Waals surface area contributed by atoms with E-state index in [0.717, 1.165) is 12.8 Å². The van der Waals surface area contributed by atoms with Gasteiger partial charge in [0.2, 0.25) is 0 Å². The molecule has 0 heterocycles. The summed E-state index contributed by atoms with van der Waals surface area (Å²) in [4.78, 5) is 2.42. The first-order chi connectivity index (χ1) is 16.8. The van der Waals surface area contributed by atoms with E-state index in [2.05, 4.69) is 134 Å². The highest BCUT2D eigenvalue weighted by molar-refractivity contribution is 5.99. The van der Waals surface area contributed by atoms with E-state index in [1.807, 2.05) is 0 Å². The molecule has 1 heteroatoms. The van der Waals surface area contributed by atoms with E-state index in [4.69, 9.17) is 0 Å². The molecule has 1 aliphatic rings. The molecular formula is C33H29N. The van der Waals surface area contributed by atoms with Crippen LogP contribution < -0.4 is 4.90 Å². The molecule has 5 aromatic carbocycles. The molecule has 5 aromatic rings. The summed E-state index contributed by atoms with van der Waals surface area (Å²) in [5.41, 5.74) is 9.36. The third-order valence-corrected chi connectivity index (χ3v) is 7.74. The number of anilines is 3. The molecule has 166 valence electrons. The molecule has 0 aromatic heterocycles. The molecule has 0 saturated carbocycles. The van der Waals surface area contributed by atoms with Gasteiger partial charge >= 0.3 is 0 Å². The molecule has 34 heavy (non-hydrogen) atoms. The van der Waals surface area contributed by atoms with E-state index in [-0.39, 0.29) is 5.41 Å². The first-order valence-electron chi connectivity index (χ1n) is 12.3. The van der Waals surface area contributed by atoms with Gasteiger partial charge in [-0.1, -0.05) is 98.8 Å². The van der Waals surface area contributed by atoms with Crippen LogP contribution in [0.25, 0.3) is 21.9 Å². The summed E-state index contributed by atoms with van der Waals surface area (Å²) in [6.07, 6.45) is 2.19. The van der Waals surface area contributed by atoms with Crippen molar-refractivity contribution in [1.29, 1.82) is 0 Å². The number of rotatable bonds is 5. The fourth-order valence-corrected chi connectivity index (χ4v) is 6.00. The molecule has 1 aliphatic carbocycles. The monoisotopic (exact) mass is 439 g/mol. The van der Waals surface area contributed by atoms with E-state index < -0.39 is 0 Å². The molecule has 0 spiro atoms. The third kappa shape index (κ3) is 3.00. The number of para-hydroxylation sites is 1. The first kappa shape index (κ1) is 20.7. The summed E-state index contributed by atoms with van der Waals surface area (Å²) in [6.45, 7) is 4.67. The van der Waals surface area contributed by atoms with Crippen LogP contribution in [0.2, 0.25) is 0 Å². The summed E-state index contributed by atoms with van der Waals surface area (Å²) in [5.74, 6) is 0. The maximum Gasteiger partial charge on any atom is 0.0540 e. The predicted octanol–water partition coefficient (Wildman–Crippen LogP) is 9.40. The van der Waals surface area contributed by atoms with E-state index in [1.54, 1.807) is 0 Å². The summed E-state index contributed by atoms with van der Waals surface area (Å²) >= 11 is 0. The fourth-order valence-electron chi connectivity index (χ4n) is 6.00. The Bertz CT molecular complexity index is 1470. The standard InChI is InChI=1S/C33H29N/c1-3-33(4-2)30-19-11-10-18-28(30)29-22-21-26(23-31(29)33)34(25-15-6-5-7-16-25)32-20-12-14-24-13-8-9-17-27(24)32/h5-23H,3-4H2,1-2H3. The fraction of sp³-hybridized carbons (Fsp3) is 0.152. The lowest BCUT2D eigenvalue weighted by molar-refractivity contribution is 0.490. The Morgan fingerprint density at radius 3 is 2.06 bits per heavy atom. The highest BCUT2D eigenvalue weighted by atomic mass is 15.1. The summed E-state index contributed by atoms with van der Waals surface area (Å²) in [5, 5.41) is 2.51. The largest absolute Gasteiger partial charge is 0.310 e. The smallest absolute Gasteiger partial charge is 0.0540 e. The molecule has 0 fully saturated rings. The molecule has 0 radical (unpaired) electrons. The molecule has 0 aliphatic heterocycles. The summed E-state index contributed by atoms with van der Waals surface area (Å²) in [7, 11) is 0. The molecule has 0 saturated heterocycles. The average Bonchev–Trinajstić information content (AvgIpc) is 3.19. The zero-order chi connectivity index (χ0) is 23.1. The average molecular weight is 440 g/mol. The van der Waals surface area contributed by atoms with Crippen molar-refractivity contribution in [3.05, 3.63) is 126 Å². The van der Waals surface area contributed by atoms with Gasteiger partial charge in [-0.25, -0.2) is 0 Å². The number of nitrogens with zero attached hydrogens (tertiary/aromatic N) is 1. The maximum absolute atomic E-state index is 2.46. The van der Waals surface area contributed by atoms with Gasteiger partial charge in [0.25, 0.3) is 0 Å². The highest BCUT2D eigenvalue weighted by Crippen LogP contribution is 2.54. The van der Waals surface area contributed by atoms with Gasteiger partial charge in [0.1, 0.15) is 0 Å². The first-order valence-corrected chi connectivity index (χ1v) is 12.3.